The minimum Gasteiger partial charge on any atom is -0.457 e. The van der Waals surface area contributed by atoms with Crippen LogP contribution in [0.1, 0.15) is 284 Å². The van der Waals surface area contributed by atoms with E-state index < -0.39 is 63.1 Å². The van der Waals surface area contributed by atoms with E-state index in [1.165, 1.54) is 218 Å². The second-order valence-corrected chi connectivity index (χ2v) is 21.9. The van der Waals surface area contributed by atoms with Crippen molar-refractivity contribution >= 4 is 13.8 Å². The minimum absolute atomic E-state index is 0.0671. The summed E-state index contributed by atoms with van der Waals surface area (Å²) >= 11 is 0. The van der Waals surface area contributed by atoms with Crippen molar-refractivity contribution in [3.8, 4) is 0 Å². The molecule has 0 spiro atoms. The highest BCUT2D eigenvalue weighted by atomic mass is 31.2. The Morgan fingerprint density at radius 2 is 0.691 bits per heavy atom. The van der Waals surface area contributed by atoms with Crippen molar-refractivity contribution in [2.24, 2.45) is 0 Å². The summed E-state index contributed by atoms with van der Waals surface area (Å²) in [5.74, 6) is -0.467. The molecule has 6 atom stereocenters. The Labute approximate surface area is 416 Å². The quantitative estimate of drug-likeness (QED) is 0.0192. The molecule has 0 aromatic rings. The van der Waals surface area contributed by atoms with Crippen molar-refractivity contribution in [3.05, 3.63) is 0 Å². The first-order valence-electron chi connectivity index (χ1n) is 28.9. The molecule has 0 radical (unpaired) electrons. The van der Waals surface area contributed by atoms with Crippen molar-refractivity contribution in [1.29, 1.82) is 0 Å². The van der Waals surface area contributed by atoms with Gasteiger partial charge in [-0.2, -0.15) is 0 Å². The van der Waals surface area contributed by atoms with Crippen LogP contribution >= 0.6 is 7.82 Å². The molecule has 406 valence electrons. The van der Waals surface area contributed by atoms with Gasteiger partial charge in [-0.05, 0) is 12.8 Å². The van der Waals surface area contributed by atoms with Gasteiger partial charge in [-0.3, -0.25) is 13.8 Å². The highest BCUT2D eigenvalue weighted by Gasteiger charge is 2.51. The van der Waals surface area contributed by atoms with Gasteiger partial charge >= 0.3 is 13.8 Å². The van der Waals surface area contributed by atoms with Gasteiger partial charge in [-0.25, -0.2) is 4.57 Å². The summed E-state index contributed by atoms with van der Waals surface area (Å²) in [6.07, 6.45) is 40.3. The standard InChI is InChI=1S/C55H109O12P/c1-3-5-7-9-11-13-15-17-19-21-23-24-25-26-27-28-30-32-34-36-38-40-42-44-49(56)66-48(47-65-68(62,63)67-55-53(60)51(58)50(57)52(59)54(55)61)46-64-45-43-41-39-37-35-33-31-29-22-20-18-16-14-12-10-8-6-4-2/h48,50-55,57-61H,3-47H2,1-2H3,(H,62,63). The molecule has 1 fully saturated rings. The minimum atomic E-state index is -5.02. The lowest BCUT2D eigenvalue weighted by Crippen LogP contribution is -2.64. The third-order valence-electron chi connectivity index (χ3n) is 14.0. The summed E-state index contributed by atoms with van der Waals surface area (Å²) < 4.78 is 34.4. The number of carbonyl (C=O) groups is 1. The van der Waals surface area contributed by atoms with E-state index >= 15 is 0 Å². The molecule has 0 amide bonds. The van der Waals surface area contributed by atoms with E-state index in [1.54, 1.807) is 0 Å². The van der Waals surface area contributed by atoms with Crippen LogP contribution in [0.5, 0.6) is 0 Å². The molecule has 0 heterocycles. The number of esters is 1. The number of hydrogen-bond acceptors (Lipinski definition) is 11. The Hall–Kier alpha value is -0.660. The number of phosphoric acid groups is 1. The van der Waals surface area contributed by atoms with E-state index in [9.17, 15) is 39.8 Å². The highest BCUT2D eigenvalue weighted by molar-refractivity contribution is 7.47. The number of hydrogen-bond donors (Lipinski definition) is 6. The second kappa shape index (κ2) is 46.1. The maximum absolute atomic E-state index is 12.9. The lowest BCUT2D eigenvalue weighted by molar-refractivity contribution is -0.220. The van der Waals surface area contributed by atoms with E-state index in [2.05, 4.69) is 13.8 Å². The van der Waals surface area contributed by atoms with Gasteiger partial charge < -0.3 is 39.9 Å². The Morgan fingerprint density at radius 1 is 0.412 bits per heavy atom. The predicted molar refractivity (Wildman–Crippen MR) is 277 cm³/mol. The summed E-state index contributed by atoms with van der Waals surface area (Å²) in [6, 6.07) is 0. The van der Waals surface area contributed by atoms with E-state index in [1.807, 2.05) is 0 Å². The lowest BCUT2D eigenvalue weighted by atomic mass is 9.85. The molecule has 1 aliphatic carbocycles. The Balaban J connectivity index is 2.26. The van der Waals surface area contributed by atoms with Crippen LogP contribution < -0.4 is 0 Å². The molecule has 6 N–H and O–H groups in total. The molecule has 6 unspecified atom stereocenters. The Bertz CT molecular complexity index is 1130. The summed E-state index contributed by atoms with van der Waals surface area (Å²) in [6.45, 7) is 4.34. The van der Waals surface area contributed by atoms with Crippen LogP contribution in [0.15, 0.2) is 0 Å². The van der Waals surface area contributed by atoms with Gasteiger partial charge in [0, 0.05) is 13.0 Å². The molecule has 1 saturated carbocycles. The number of aliphatic hydroxyl groups excluding tert-OH is 5. The molecule has 0 aliphatic heterocycles. The smallest absolute Gasteiger partial charge is 0.457 e. The number of ether oxygens (including phenoxy) is 2. The first-order chi connectivity index (χ1) is 33.0. The molecule has 0 aromatic carbocycles. The lowest BCUT2D eigenvalue weighted by Gasteiger charge is -2.41. The molecule has 1 rings (SSSR count). The van der Waals surface area contributed by atoms with Crippen LogP contribution in [0, 0.1) is 0 Å². The number of rotatable bonds is 51. The van der Waals surface area contributed by atoms with E-state index in [-0.39, 0.29) is 13.0 Å². The number of carbonyl (C=O) groups excluding carboxylic acids is 1. The van der Waals surface area contributed by atoms with Crippen LogP contribution in [0.25, 0.3) is 0 Å². The summed E-state index contributed by atoms with van der Waals surface area (Å²) in [7, 11) is -5.02. The fraction of sp³-hybridized carbons (Fsp3) is 0.982. The third-order valence-corrected chi connectivity index (χ3v) is 15.0. The maximum atomic E-state index is 12.9. The fourth-order valence-electron chi connectivity index (χ4n) is 9.42. The molecular weight excluding hydrogens is 884 g/mol. The first-order valence-corrected chi connectivity index (χ1v) is 30.4. The molecule has 0 saturated heterocycles. The van der Waals surface area contributed by atoms with Crippen LogP contribution in [-0.2, 0) is 27.9 Å². The number of phosphoric ester groups is 1. The van der Waals surface area contributed by atoms with Gasteiger partial charge in [0.25, 0.3) is 0 Å². The van der Waals surface area contributed by atoms with E-state index in [0.29, 0.717) is 13.0 Å². The average Bonchev–Trinajstić information content (AvgIpc) is 3.32. The van der Waals surface area contributed by atoms with Gasteiger partial charge in [0.05, 0.1) is 13.2 Å². The van der Waals surface area contributed by atoms with Crippen LogP contribution in [0.2, 0.25) is 0 Å². The summed E-state index contributed by atoms with van der Waals surface area (Å²) in [4.78, 5) is 23.3. The topological polar surface area (TPSA) is 192 Å². The molecule has 13 heteroatoms. The monoisotopic (exact) mass is 993 g/mol. The van der Waals surface area contributed by atoms with Gasteiger partial charge in [-0.1, -0.05) is 264 Å². The van der Waals surface area contributed by atoms with Crippen molar-refractivity contribution in [2.45, 2.75) is 326 Å². The van der Waals surface area contributed by atoms with Gasteiger partial charge in [0.15, 0.2) is 0 Å². The number of aliphatic hydroxyl groups is 5. The van der Waals surface area contributed by atoms with Gasteiger partial charge in [-0.15, -0.1) is 0 Å². The Kier molecular flexibility index (Phi) is 44.4. The zero-order valence-corrected chi connectivity index (χ0v) is 44.8. The second-order valence-electron chi connectivity index (χ2n) is 20.5. The van der Waals surface area contributed by atoms with Crippen molar-refractivity contribution in [1.82, 2.24) is 0 Å². The predicted octanol–water partition coefficient (Wildman–Crippen LogP) is 13.7. The molecule has 12 nitrogen and oxygen atoms in total. The van der Waals surface area contributed by atoms with E-state index in [4.69, 9.17) is 18.5 Å². The van der Waals surface area contributed by atoms with Crippen molar-refractivity contribution in [3.63, 3.8) is 0 Å². The van der Waals surface area contributed by atoms with Crippen molar-refractivity contribution in [2.75, 3.05) is 19.8 Å². The van der Waals surface area contributed by atoms with Crippen molar-refractivity contribution < 1.29 is 58.3 Å². The van der Waals surface area contributed by atoms with E-state index in [0.717, 1.165) is 38.5 Å². The molecule has 0 aromatic heterocycles. The summed E-state index contributed by atoms with van der Waals surface area (Å²) in [5, 5.41) is 50.4. The molecule has 1 aliphatic rings. The first kappa shape index (κ1) is 65.4. The number of unbranched alkanes of at least 4 members (excludes halogenated alkanes) is 39. The van der Waals surface area contributed by atoms with Gasteiger partial charge in [0.2, 0.25) is 0 Å². The Morgan fingerprint density at radius 3 is 1.01 bits per heavy atom. The molecular formula is C55H109O12P. The van der Waals surface area contributed by atoms with Crippen LogP contribution in [-0.4, -0.2) is 98.9 Å². The zero-order chi connectivity index (χ0) is 49.8. The van der Waals surface area contributed by atoms with Gasteiger partial charge in [0.1, 0.15) is 42.7 Å². The average molecular weight is 993 g/mol. The summed E-state index contributed by atoms with van der Waals surface area (Å²) in [5.41, 5.74) is 0. The third kappa shape index (κ3) is 37.1. The molecule has 0 bridgehead atoms. The van der Waals surface area contributed by atoms with Crippen LogP contribution in [0.4, 0.5) is 0 Å². The normalized spacial score (nSPS) is 21.0. The fourth-order valence-corrected chi connectivity index (χ4v) is 10.4. The maximum Gasteiger partial charge on any atom is 0.472 e. The molecule has 68 heavy (non-hydrogen) atoms. The highest BCUT2D eigenvalue weighted by Crippen LogP contribution is 2.47. The SMILES string of the molecule is CCCCCCCCCCCCCCCCCCCCCCCCCC(=O)OC(COCCCCCCCCCCCCCCCCCCCC)COP(=O)(O)OC1C(O)C(O)C(O)C(O)C1O. The zero-order valence-electron chi connectivity index (χ0n) is 43.9. The van der Waals surface area contributed by atoms with Crippen LogP contribution in [0.3, 0.4) is 0 Å². The largest absolute Gasteiger partial charge is 0.472 e.